The average Bonchev–Trinajstić information content (AvgIpc) is 2.80. The van der Waals surface area contributed by atoms with Gasteiger partial charge in [-0.05, 0) is 67.9 Å². The summed E-state index contributed by atoms with van der Waals surface area (Å²) in [5.41, 5.74) is 4.08. The van der Waals surface area contributed by atoms with Gasteiger partial charge in [0.1, 0.15) is 0 Å². The first-order valence-electron chi connectivity index (χ1n) is 7.88. The van der Waals surface area contributed by atoms with E-state index in [2.05, 4.69) is 51.0 Å². The highest BCUT2D eigenvalue weighted by atomic mass is 79.9. The fraction of sp³-hybridized carbons (Fsp3) is 0.688. The summed E-state index contributed by atoms with van der Waals surface area (Å²) in [6.45, 7) is 7.19. The molecule has 1 N–H and O–H groups in total. The van der Waals surface area contributed by atoms with Gasteiger partial charge in [0.25, 0.3) is 0 Å². The van der Waals surface area contributed by atoms with Gasteiger partial charge in [0, 0.05) is 13.1 Å². The molecule has 0 amide bonds. The van der Waals surface area contributed by atoms with Gasteiger partial charge >= 0.3 is 0 Å². The van der Waals surface area contributed by atoms with Crippen LogP contribution in [0.2, 0.25) is 0 Å². The fourth-order valence-electron chi connectivity index (χ4n) is 2.77. The molecule has 4 heteroatoms. The maximum Gasteiger partial charge on any atom is 0.0767 e. The standard InChI is InChI=1S/C16H26BrN3/c1-3-14-16(17)15(20(4-2)19-14)12-18-11-10-13-8-6-5-7-9-13/h8,18H,3-7,9-12H2,1-2H3. The van der Waals surface area contributed by atoms with Crippen LogP contribution in [-0.2, 0) is 19.5 Å². The lowest BCUT2D eigenvalue weighted by Crippen LogP contribution is -2.18. The molecule has 0 atom stereocenters. The quantitative estimate of drug-likeness (QED) is 0.595. The van der Waals surface area contributed by atoms with Crippen molar-refractivity contribution >= 4 is 15.9 Å². The number of halogens is 1. The van der Waals surface area contributed by atoms with Crippen LogP contribution in [0.25, 0.3) is 0 Å². The predicted molar refractivity (Wildman–Crippen MR) is 87.9 cm³/mol. The highest BCUT2D eigenvalue weighted by Gasteiger charge is 2.13. The van der Waals surface area contributed by atoms with Gasteiger partial charge in [0.2, 0.25) is 0 Å². The molecule has 0 saturated heterocycles. The minimum absolute atomic E-state index is 0.898. The van der Waals surface area contributed by atoms with Crippen molar-refractivity contribution in [3.63, 3.8) is 0 Å². The SMILES string of the molecule is CCc1nn(CC)c(CNCCC2=CCCCC2)c1Br. The first kappa shape index (κ1) is 15.8. The lowest BCUT2D eigenvalue weighted by Gasteiger charge is -2.13. The molecule has 0 bridgehead atoms. The van der Waals surface area contributed by atoms with E-state index >= 15 is 0 Å². The molecule has 20 heavy (non-hydrogen) atoms. The van der Waals surface area contributed by atoms with Crippen LogP contribution in [0.1, 0.15) is 57.3 Å². The third-order valence-corrected chi connectivity index (χ3v) is 4.91. The highest BCUT2D eigenvalue weighted by Crippen LogP contribution is 2.22. The van der Waals surface area contributed by atoms with E-state index in [0.29, 0.717) is 0 Å². The number of hydrogen-bond acceptors (Lipinski definition) is 2. The third-order valence-electron chi connectivity index (χ3n) is 3.99. The number of nitrogens with zero attached hydrogens (tertiary/aromatic N) is 2. The summed E-state index contributed by atoms with van der Waals surface area (Å²) in [4.78, 5) is 0. The van der Waals surface area contributed by atoms with E-state index in [1.807, 2.05) is 0 Å². The molecule has 1 aliphatic carbocycles. The zero-order valence-corrected chi connectivity index (χ0v) is 14.3. The molecule has 3 nitrogen and oxygen atoms in total. The van der Waals surface area contributed by atoms with Gasteiger partial charge in [-0.1, -0.05) is 18.6 Å². The van der Waals surface area contributed by atoms with Gasteiger partial charge in [0.05, 0.1) is 15.9 Å². The first-order chi connectivity index (χ1) is 9.76. The number of nitrogens with one attached hydrogen (secondary N) is 1. The zero-order valence-electron chi connectivity index (χ0n) is 12.7. The van der Waals surface area contributed by atoms with E-state index in [-0.39, 0.29) is 0 Å². The first-order valence-corrected chi connectivity index (χ1v) is 8.68. The molecule has 0 aromatic carbocycles. The topological polar surface area (TPSA) is 29.9 Å². The molecule has 2 rings (SSSR count). The molecule has 0 spiro atoms. The Bertz CT molecular complexity index is 463. The molecule has 1 aromatic heterocycles. The van der Waals surface area contributed by atoms with Crippen molar-refractivity contribution < 1.29 is 0 Å². The molecule has 0 radical (unpaired) electrons. The van der Waals surface area contributed by atoms with Crippen LogP contribution in [0, 0.1) is 0 Å². The van der Waals surface area contributed by atoms with Crippen LogP contribution in [0.15, 0.2) is 16.1 Å². The Hall–Kier alpha value is -0.610. The second-order valence-electron chi connectivity index (χ2n) is 5.41. The van der Waals surface area contributed by atoms with E-state index in [9.17, 15) is 0 Å². The minimum Gasteiger partial charge on any atom is -0.311 e. The minimum atomic E-state index is 0.898. The van der Waals surface area contributed by atoms with Gasteiger partial charge < -0.3 is 5.32 Å². The van der Waals surface area contributed by atoms with Crippen LogP contribution >= 0.6 is 15.9 Å². The predicted octanol–water partition coefficient (Wildman–Crippen LogP) is 4.21. The zero-order chi connectivity index (χ0) is 14.4. The van der Waals surface area contributed by atoms with E-state index in [0.717, 1.165) is 26.1 Å². The number of allylic oxidation sites excluding steroid dienone is 1. The number of aryl methyl sites for hydroxylation is 2. The third kappa shape index (κ3) is 3.95. The number of hydrogen-bond donors (Lipinski definition) is 1. The van der Waals surface area contributed by atoms with Crippen LogP contribution in [-0.4, -0.2) is 16.3 Å². The second kappa shape index (κ2) is 7.99. The molecule has 1 aromatic rings. The van der Waals surface area contributed by atoms with Crippen molar-refractivity contribution in [3.05, 3.63) is 27.5 Å². The molecular formula is C16H26BrN3. The summed E-state index contributed by atoms with van der Waals surface area (Å²) in [6, 6.07) is 0. The normalized spacial score (nSPS) is 15.4. The van der Waals surface area contributed by atoms with Crippen molar-refractivity contribution in [2.45, 2.75) is 65.5 Å². The Kier molecular flexibility index (Phi) is 6.30. The van der Waals surface area contributed by atoms with Crippen molar-refractivity contribution in [1.29, 1.82) is 0 Å². The van der Waals surface area contributed by atoms with Gasteiger partial charge in [-0.3, -0.25) is 4.68 Å². The average molecular weight is 340 g/mol. The molecular weight excluding hydrogens is 314 g/mol. The summed E-state index contributed by atoms with van der Waals surface area (Å²) in [5, 5.41) is 8.20. The summed E-state index contributed by atoms with van der Waals surface area (Å²) in [5.74, 6) is 0. The largest absolute Gasteiger partial charge is 0.311 e. The molecule has 0 fully saturated rings. The maximum absolute atomic E-state index is 4.63. The Morgan fingerprint density at radius 2 is 2.20 bits per heavy atom. The van der Waals surface area contributed by atoms with Gasteiger partial charge in [-0.2, -0.15) is 5.10 Å². The van der Waals surface area contributed by atoms with Crippen LogP contribution in [0.5, 0.6) is 0 Å². The molecule has 0 unspecified atom stereocenters. The summed E-state index contributed by atoms with van der Waals surface area (Å²) in [6.07, 6.45) is 9.94. The van der Waals surface area contributed by atoms with E-state index in [1.54, 1.807) is 5.57 Å². The summed E-state index contributed by atoms with van der Waals surface area (Å²) < 4.78 is 3.29. The lowest BCUT2D eigenvalue weighted by molar-refractivity contribution is 0.571. The molecule has 0 aliphatic heterocycles. The second-order valence-corrected chi connectivity index (χ2v) is 6.20. The molecule has 1 heterocycles. The molecule has 0 saturated carbocycles. The lowest BCUT2D eigenvalue weighted by atomic mass is 9.97. The van der Waals surface area contributed by atoms with Crippen molar-refractivity contribution in [2.24, 2.45) is 0 Å². The van der Waals surface area contributed by atoms with Crippen molar-refractivity contribution in [1.82, 2.24) is 15.1 Å². The maximum atomic E-state index is 4.63. The monoisotopic (exact) mass is 339 g/mol. The van der Waals surface area contributed by atoms with E-state index < -0.39 is 0 Å². The molecule has 1 aliphatic rings. The van der Waals surface area contributed by atoms with Gasteiger partial charge in [-0.25, -0.2) is 0 Å². The van der Waals surface area contributed by atoms with Crippen LogP contribution in [0.4, 0.5) is 0 Å². The van der Waals surface area contributed by atoms with Gasteiger partial charge in [-0.15, -0.1) is 0 Å². The fourth-order valence-corrected chi connectivity index (χ4v) is 3.48. The number of aromatic nitrogens is 2. The molecule has 112 valence electrons. The Morgan fingerprint density at radius 3 is 2.85 bits per heavy atom. The Balaban J connectivity index is 1.84. The van der Waals surface area contributed by atoms with Gasteiger partial charge in [0.15, 0.2) is 0 Å². The number of rotatable bonds is 7. The summed E-state index contributed by atoms with van der Waals surface area (Å²) in [7, 11) is 0. The highest BCUT2D eigenvalue weighted by molar-refractivity contribution is 9.10. The summed E-state index contributed by atoms with van der Waals surface area (Å²) >= 11 is 3.70. The van der Waals surface area contributed by atoms with Crippen LogP contribution < -0.4 is 5.32 Å². The van der Waals surface area contributed by atoms with Crippen LogP contribution in [0.3, 0.4) is 0 Å². The van der Waals surface area contributed by atoms with Crippen molar-refractivity contribution in [2.75, 3.05) is 6.54 Å². The van der Waals surface area contributed by atoms with Crippen molar-refractivity contribution in [3.8, 4) is 0 Å². The Labute approximate surface area is 131 Å². The van der Waals surface area contributed by atoms with E-state index in [4.69, 9.17) is 0 Å². The van der Waals surface area contributed by atoms with E-state index in [1.165, 1.54) is 48.0 Å². The smallest absolute Gasteiger partial charge is 0.0767 e. The Morgan fingerprint density at radius 1 is 1.35 bits per heavy atom.